The maximum Gasteiger partial charge on any atom is 0.0320 e. The van der Waals surface area contributed by atoms with Crippen LogP contribution in [0, 0.1) is 13.8 Å². The van der Waals surface area contributed by atoms with Crippen molar-refractivity contribution in [3.63, 3.8) is 0 Å². The van der Waals surface area contributed by atoms with Crippen LogP contribution in [-0.2, 0) is 0 Å². The summed E-state index contributed by atoms with van der Waals surface area (Å²) in [6.07, 6.45) is 4.04. The number of piperidine rings is 1. The SMILES string of the molecule is Cc1ccc(C(C)N(C)CC2CCCCN2)c(C)c1. The first kappa shape index (κ1) is 14.5. The van der Waals surface area contributed by atoms with E-state index in [0.717, 1.165) is 6.54 Å². The zero-order chi connectivity index (χ0) is 13.8. The van der Waals surface area contributed by atoms with E-state index in [1.54, 1.807) is 0 Å². The molecule has 19 heavy (non-hydrogen) atoms. The predicted octanol–water partition coefficient (Wildman–Crippen LogP) is 3.44. The lowest BCUT2D eigenvalue weighted by Gasteiger charge is -2.32. The van der Waals surface area contributed by atoms with Crippen LogP contribution in [0.15, 0.2) is 18.2 Å². The summed E-state index contributed by atoms with van der Waals surface area (Å²) in [5.74, 6) is 0. The number of aryl methyl sites for hydroxylation is 2. The van der Waals surface area contributed by atoms with Crippen molar-refractivity contribution in [3.8, 4) is 0 Å². The van der Waals surface area contributed by atoms with Crippen LogP contribution in [0.5, 0.6) is 0 Å². The molecule has 0 spiro atoms. The van der Waals surface area contributed by atoms with Gasteiger partial charge in [0.2, 0.25) is 0 Å². The molecule has 0 radical (unpaired) electrons. The first-order chi connectivity index (χ1) is 9.08. The highest BCUT2D eigenvalue weighted by molar-refractivity contribution is 5.32. The Labute approximate surface area is 118 Å². The van der Waals surface area contributed by atoms with Crippen LogP contribution in [0.4, 0.5) is 0 Å². The monoisotopic (exact) mass is 260 g/mol. The summed E-state index contributed by atoms with van der Waals surface area (Å²) in [6, 6.07) is 7.97. The van der Waals surface area contributed by atoms with Gasteiger partial charge in [-0.25, -0.2) is 0 Å². The molecule has 0 aliphatic carbocycles. The molecule has 1 fully saturated rings. The molecule has 0 amide bonds. The van der Waals surface area contributed by atoms with Gasteiger partial charge in [-0.3, -0.25) is 4.90 Å². The fourth-order valence-corrected chi connectivity index (χ4v) is 3.12. The smallest absolute Gasteiger partial charge is 0.0320 e. The summed E-state index contributed by atoms with van der Waals surface area (Å²) in [6.45, 7) is 9.05. The molecule has 1 aliphatic rings. The summed E-state index contributed by atoms with van der Waals surface area (Å²) in [5, 5.41) is 3.64. The number of hydrogen-bond donors (Lipinski definition) is 1. The normalized spacial score (nSPS) is 21.6. The summed E-state index contributed by atoms with van der Waals surface area (Å²) < 4.78 is 0. The minimum Gasteiger partial charge on any atom is -0.313 e. The van der Waals surface area contributed by atoms with Crippen molar-refractivity contribution in [2.75, 3.05) is 20.1 Å². The summed E-state index contributed by atoms with van der Waals surface area (Å²) in [7, 11) is 2.25. The highest BCUT2D eigenvalue weighted by Crippen LogP contribution is 2.24. The van der Waals surface area contributed by atoms with E-state index in [1.807, 2.05) is 0 Å². The van der Waals surface area contributed by atoms with Crippen molar-refractivity contribution in [3.05, 3.63) is 34.9 Å². The Morgan fingerprint density at radius 1 is 1.32 bits per heavy atom. The number of rotatable bonds is 4. The second-order valence-corrected chi connectivity index (χ2v) is 6.12. The van der Waals surface area contributed by atoms with E-state index in [1.165, 1.54) is 42.5 Å². The average Bonchev–Trinajstić information content (AvgIpc) is 2.39. The van der Waals surface area contributed by atoms with Crippen LogP contribution < -0.4 is 5.32 Å². The third-order valence-electron chi connectivity index (χ3n) is 4.46. The van der Waals surface area contributed by atoms with Gasteiger partial charge < -0.3 is 5.32 Å². The highest BCUT2D eigenvalue weighted by Gasteiger charge is 2.19. The number of likely N-dealkylation sites (N-methyl/N-ethyl adjacent to an activating group) is 1. The van der Waals surface area contributed by atoms with Crippen LogP contribution in [0.2, 0.25) is 0 Å². The van der Waals surface area contributed by atoms with E-state index in [-0.39, 0.29) is 0 Å². The van der Waals surface area contributed by atoms with E-state index in [4.69, 9.17) is 0 Å². The fraction of sp³-hybridized carbons (Fsp3) is 0.647. The molecule has 1 heterocycles. The standard InChI is InChI=1S/C17H28N2/c1-13-8-9-17(14(2)11-13)15(3)19(4)12-16-7-5-6-10-18-16/h8-9,11,15-16,18H,5-7,10,12H2,1-4H3. The van der Waals surface area contributed by atoms with Crippen LogP contribution in [0.3, 0.4) is 0 Å². The molecule has 2 heteroatoms. The molecule has 1 aromatic rings. The topological polar surface area (TPSA) is 15.3 Å². The third-order valence-corrected chi connectivity index (χ3v) is 4.46. The molecule has 0 aromatic heterocycles. The van der Waals surface area contributed by atoms with Crippen molar-refractivity contribution < 1.29 is 0 Å². The summed E-state index contributed by atoms with van der Waals surface area (Å²) in [5.41, 5.74) is 4.23. The Bertz CT molecular complexity index is 408. The van der Waals surface area contributed by atoms with Crippen LogP contribution in [-0.4, -0.2) is 31.1 Å². The van der Waals surface area contributed by atoms with Gasteiger partial charge in [0.25, 0.3) is 0 Å². The van der Waals surface area contributed by atoms with Gasteiger partial charge >= 0.3 is 0 Å². The van der Waals surface area contributed by atoms with Gasteiger partial charge in [0.05, 0.1) is 0 Å². The minimum atomic E-state index is 0.490. The van der Waals surface area contributed by atoms with Gasteiger partial charge in [0, 0.05) is 18.6 Å². The Morgan fingerprint density at radius 3 is 2.74 bits per heavy atom. The van der Waals surface area contributed by atoms with Gasteiger partial charge in [0.15, 0.2) is 0 Å². The Hall–Kier alpha value is -0.860. The molecular weight excluding hydrogens is 232 g/mol. The number of benzene rings is 1. The molecular formula is C17H28N2. The van der Waals surface area contributed by atoms with Gasteiger partial charge in [-0.15, -0.1) is 0 Å². The van der Waals surface area contributed by atoms with Crippen LogP contribution in [0.1, 0.15) is 48.9 Å². The Kier molecular flexibility index (Phi) is 5.00. The van der Waals surface area contributed by atoms with E-state index >= 15 is 0 Å². The number of hydrogen-bond acceptors (Lipinski definition) is 2. The van der Waals surface area contributed by atoms with Gasteiger partial charge in [-0.2, -0.15) is 0 Å². The molecule has 1 aliphatic heterocycles. The maximum atomic E-state index is 3.64. The Morgan fingerprint density at radius 2 is 2.11 bits per heavy atom. The predicted molar refractivity (Wildman–Crippen MR) is 82.6 cm³/mol. The third kappa shape index (κ3) is 3.80. The number of nitrogens with one attached hydrogen (secondary N) is 1. The fourth-order valence-electron chi connectivity index (χ4n) is 3.12. The average molecular weight is 260 g/mol. The zero-order valence-electron chi connectivity index (χ0n) is 12.9. The molecule has 0 bridgehead atoms. The van der Waals surface area contributed by atoms with Crippen molar-refractivity contribution in [2.24, 2.45) is 0 Å². The molecule has 2 unspecified atom stereocenters. The van der Waals surface area contributed by atoms with Crippen molar-refractivity contribution in [1.29, 1.82) is 0 Å². The van der Waals surface area contributed by atoms with E-state index in [0.29, 0.717) is 12.1 Å². The van der Waals surface area contributed by atoms with Gasteiger partial charge in [-0.1, -0.05) is 30.2 Å². The zero-order valence-corrected chi connectivity index (χ0v) is 12.9. The first-order valence-electron chi connectivity index (χ1n) is 7.58. The maximum absolute atomic E-state index is 3.64. The van der Waals surface area contributed by atoms with Crippen molar-refractivity contribution >= 4 is 0 Å². The van der Waals surface area contributed by atoms with E-state index in [2.05, 4.69) is 56.2 Å². The second-order valence-electron chi connectivity index (χ2n) is 6.12. The summed E-state index contributed by atoms with van der Waals surface area (Å²) in [4.78, 5) is 2.49. The van der Waals surface area contributed by atoms with Crippen LogP contribution >= 0.6 is 0 Å². The van der Waals surface area contributed by atoms with E-state index in [9.17, 15) is 0 Å². The minimum absolute atomic E-state index is 0.490. The molecule has 0 saturated carbocycles. The quantitative estimate of drug-likeness (QED) is 0.892. The molecule has 2 rings (SSSR count). The Balaban J connectivity index is 1.99. The second kappa shape index (κ2) is 6.53. The molecule has 1 N–H and O–H groups in total. The lowest BCUT2D eigenvalue weighted by atomic mass is 9.98. The molecule has 1 aromatic carbocycles. The lowest BCUT2D eigenvalue weighted by Crippen LogP contribution is -2.43. The summed E-state index contributed by atoms with van der Waals surface area (Å²) >= 11 is 0. The van der Waals surface area contributed by atoms with Gasteiger partial charge in [0.1, 0.15) is 0 Å². The molecule has 106 valence electrons. The lowest BCUT2D eigenvalue weighted by molar-refractivity contribution is 0.214. The molecule has 2 nitrogen and oxygen atoms in total. The largest absolute Gasteiger partial charge is 0.313 e. The van der Waals surface area contributed by atoms with Crippen molar-refractivity contribution in [2.45, 2.75) is 52.1 Å². The van der Waals surface area contributed by atoms with E-state index < -0.39 is 0 Å². The molecule has 2 atom stereocenters. The molecule has 1 saturated heterocycles. The van der Waals surface area contributed by atoms with Crippen LogP contribution in [0.25, 0.3) is 0 Å². The van der Waals surface area contributed by atoms with Gasteiger partial charge in [-0.05, 0) is 58.3 Å². The number of nitrogens with zero attached hydrogens (tertiary/aromatic N) is 1. The first-order valence-corrected chi connectivity index (χ1v) is 7.58. The van der Waals surface area contributed by atoms with Crippen molar-refractivity contribution in [1.82, 2.24) is 10.2 Å². The highest BCUT2D eigenvalue weighted by atomic mass is 15.2.